The van der Waals surface area contributed by atoms with Crippen LogP contribution >= 0.6 is 67.8 Å². The fourth-order valence-corrected chi connectivity index (χ4v) is 5.75. The molecule has 1 rings (SSSR count). The molecule has 0 saturated carbocycles. The number of halogens is 3. The van der Waals surface area contributed by atoms with Crippen LogP contribution in [-0.4, -0.2) is 57.5 Å². The largest absolute Gasteiger partial charge is 0.397 e. The predicted molar refractivity (Wildman–Crippen MR) is 116 cm³/mol. The maximum absolute atomic E-state index is 12.1. The summed E-state index contributed by atoms with van der Waals surface area (Å²) in [5.74, 6) is -3.03. The molecule has 1 aromatic carbocycles. The molecule has 0 heterocycles. The SMILES string of the molecule is Nc1c(I)c(NC(=O)CO)c(I)c(C(O)C(=O)NC(=O)C(O)CO)c1I. The second-order valence-electron chi connectivity index (χ2n) is 4.80. The molecule has 0 fully saturated rings. The Bertz CT molecular complexity index is 744. The van der Waals surface area contributed by atoms with Gasteiger partial charge in [0.05, 0.1) is 21.6 Å². The van der Waals surface area contributed by atoms with Gasteiger partial charge in [-0.25, -0.2) is 0 Å². The van der Waals surface area contributed by atoms with Crippen LogP contribution in [0.25, 0.3) is 0 Å². The highest BCUT2D eigenvalue weighted by Gasteiger charge is 2.30. The molecule has 144 valence electrons. The molecule has 1 aromatic rings. The minimum absolute atomic E-state index is 0.0427. The number of hydrogen-bond acceptors (Lipinski definition) is 8. The lowest BCUT2D eigenvalue weighted by Crippen LogP contribution is -2.42. The van der Waals surface area contributed by atoms with Crippen LogP contribution in [0.1, 0.15) is 11.7 Å². The number of hydrogen-bond donors (Lipinski definition) is 7. The van der Waals surface area contributed by atoms with Crippen molar-refractivity contribution in [2.45, 2.75) is 12.2 Å². The minimum Gasteiger partial charge on any atom is -0.397 e. The molecule has 0 bridgehead atoms. The number of nitrogen functional groups attached to an aromatic ring is 1. The van der Waals surface area contributed by atoms with E-state index in [0.29, 0.717) is 7.14 Å². The van der Waals surface area contributed by atoms with E-state index in [2.05, 4.69) is 5.32 Å². The summed E-state index contributed by atoms with van der Waals surface area (Å²) < 4.78 is 1.06. The Kier molecular flexibility index (Phi) is 9.36. The van der Waals surface area contributed by atoms with Crippen LogP contribution in [0.5, 0.6) is 0 Å². The number of nitrogens with two attached hydrogens (primary N) is 1. The summed E-state index contributed by atoms with van der Waals surface area (Å²) in [4.78, 5) is 35.1. The number of carbonyl (C=O) groups is 3. The average molecular weight is 705 g/mol. The summed E-state index contributed by atoms with van der Waals surface area (Å²) in [6, 6.07) is 0. The number of anilines is 2. The van der Waals surface area contributed by atoms with Gasteiger partial charge in [-0.2, -0.15) is 0 Å². The van der Waals surface area contributed by atoms with E-state index < -0.39 is 43.1 Å². The zero-order valence-electron chi connectivity index (χ0n) is 12.8. The number of nitrogens with one attached hydrogen (secondary N) is 2. The number of imide groups is 1. The molecular formula is C13H14I3N3O7. The molecule has 13 heteroatoms. The van der Waals surface area contributed by atoms with Gasteiger partial charge in [-0.3, -0.25) is 19.7 Å². The summed E-state index contributed by atoms with van der Waals surface area (Å²) in [6.07, 6.45) is -3.65. The van der Waals surface area contributed by atoms with Crippen molar-refractivity contribution < 1.29 is 34.8 Å². The van der Waals surface area contributed by atoms with E-state index in [9.17, 15) is 24.6 Å². The van der Waals surface area contributed by atoms with Gasteiger partial charge in [0, 0.05) is 12.7 Å². The van der Waals surface area contributed by atoms with E-state index in [-0.39, 0.29) is 20.5 Å². The number of rotatable bonds is 6. The second kappa shape index (κ2) is 10.3. The first-order valence-electron chi connectivity index (χ1n) is 6.74. The van der Waals surface area contributed by atoms with Gasteiger partial charge in [0.1, 0.15) is 6.61 Å². The van der Waals surface area contributed by atoms with E-state index in [1.807, 2.05) is 45.2 Å². The topological polar surface area (TPSA) is 182 Å². The second-order valence-corrected chi connectivity index (χ2v) is 8.04. The first-order valence-corrected chi connectivity index (χ1v) is 9.98. The molecule has 0 aliphatic carbocycles. The first kappa shape index (κ1) is 23.7. The van der Waals surface area contributed by atoms with Crippen molar-refractivity contribution >= 4 is 96.9 Å². The zero-order chi connectivity index (χ0) is 20.2. The summed E-state index contributed by atoms with van der Waals surface area (Å²) >= 11 is 5.46. The lowest BCUT2D eigenvalue weighted by molar-refractivity contribution is -0.141. The Balaban J connectivity index is 3.32. The fraction of sp³-hybridized carbons (Fsp3) is 0.308. The third-order valence-electron chi connectivity index (χ3n) is 3.04. The van der Waals surface area contributed by atoms with E-state index in [0.717, 1.165) is 0 Å². The number of carbonyl (C=O) groups excluding carboxylic acids is 3. The summed E-state index contributed by atoms with van der Waals surface area (Å²) in [5, 5.41) is 41.4. The van der Waals surface area contributed by atoms with Crippen molar-refractivity contribution in [1.29, 1.82) is 0 Å². The lowest BCUT2D eigenvalue weighted by Gasteiger charge is -2.21. The standard InChI is InChI=1S/C13H14I3N3O7/c14-6-5(11(24)13(26)19-12(25)3(22)1-20)7(15)10(8(16)9(6)17)18-4(23)2-21/h3,11,20-22,24H,1-2,17H2,(H,18,23)(H,19,25,26). The van der Waals surface area contributed by atoms with Crippen molar-refractivity contribution in [2.24, 2.45) is 0 Å². The molecule has 0 aromatic heterocycles. The first-order chi connectivity index (χ1) is 12.1. The highest BCUT2D eigenvalue weighted by Crippen LogP contribution is 2.39. The van der Waals surface area contributed by atoms with Crippen molar-refractivity contribution in [3.8, 4) is 0 Å². The van der Waals surface area contributed by atoms with Gasteiger partial charge in [0.25, 0.3) is 11.8 Å². The maximum Gasteiger partial charge on any atom is 0.260 e. The van der Waals surface area contributed by atoms with Gasteiger partial charge in [0.15, 0.2) is 12.2 Å². The van der Waals surface area contributed by atoms with Crippen LogP contribution in [-0.2, 0) is 14.4 Å². The molecule has 0 spiro atoms. The molecule has 0 radical (unpaired) electrons. The Morgan fingerprint density at radius 2 is 1.58 bits per heavy atom. The van der Waals surface area contributed by atoms with Crippen LogP contribution in [0.15, 0.2) is 0 Å². The number of aliphatic hydroxyl groups excluding tert-OH is 4. The molecular weight excluding hydrogens is 691 g/mol. The van der Waals surface area contributed by atoms with Crippen molar-refractivity contribution in [1.82, 2.24) is 5.32 Å². The Morgan fingerprint density at radius 1 is 1.00 bits per heavy atom. The van der Waals surface area contributed by atoms with Crippen LogP contribution < -0.4 is 16.4 Å². The fourth-order valence-electron chi connectivity index (χ4n) is 1.72. The number of aliphatic hydroxyl groups is 4. The van der Waals surface area contributed by atoms with E-state index >= 15 is 0 Å². The number of benzene rings is 1. The van der Waals surface area contributed by atoms with Gasteiger partial charge >= 0.3 is 0 Å². The molecule has 2 atom stereocenters. The van der Waals surface area contributed by atoms with Gasteiger partial charge < -0.3 is 31.5 Å². The van der Waals surface area contributed by atoms with Crippen LogP contribution in [0.3, 0.4) is 0 Å². The molecule has 0 saturated heterocycles. The van der Waals surface area contributed by atoms with Crippen LogP contribution in [0.4, 0.5) is 11.4 Å². The Labute approximate surface area is 188 Å². The summed E-state index contributed by atoms with van der Waals surface area (Å²) in [5.41, 5.74) is 6.39. The Morgan fingerprint density at radius 3 is 2.08 bits per heavy atom. The zero-order valence-corrected chi connectivity index (χ0v) is 19.3. The third kappa shape index (κ3) is 5.35. The molecule has 2 unspecified atom stereocenters. The molecule has 0 aliphatic heterocycles. The summed E-state index contributed by atoms with van der Waals surface area (Å²) in [6.45, 7) is -1.66. The van der Waals surface area contributed by atoms with Gasteiger partial charge in [-0.15, -0.1) is 0 Å². The van der Waals surface area contributed by atoms with Gasteiger partial charge in [-0.05, 0) is 67.8 Å². The van der Waals surface area contributed by atoms with Crippen LogP contribution in [0.2, 0.25) is 0 Å². The Hall–Kier alpha value is -0.340. The quantitative estimate of drug-likeness (QED) is 0.146. The molecule has 0 aliphatic rings. The smallest absolute Gasteiger partial charge is 0.260 e. The molecule has 8 N–H and O–H groups in total. The van der Waals surface area contributed by atoms with E-state index in [1.54, 1.807) is 27.9 Å². The lowest BCUT2D eigenvalue weighted by atomic mass is 10.1. The van der Waals surface area contributed by atoms with Gasteiger partial charge in [0.2, 0.25) is 5.91 Å². The van der Waals surface area contributed by atoms with E-state index in [4.69, 9.17) is 15.9 Å². The highest BCUT2D eigenvalue weighted by molar-refractivity contribution is 14.1. The number of amides is 3. The van der Waals surface area contributed by atoms with Crippen molar-refractivity contribution in [3.05, 3.63) is 16.3 Å². The summed E-state index contributed by atoms with van der Waals surface area (Å²) in [7, 11) is 0. The molecule has 10 nitrogen and oxygen atoms in total. The average Bonchev–Trinajstić information content (AvgIpc) is 2.62. The van der Waals surface area contributed by atoms with Gasteiger partial charge in [-0.1, -0.05) is 0 Å². The van der Waals surface area contributed by atoms with E-state index in [1.165, 1.54) is 0 Å². The maximum atomic E-state index is 12.1. The predicted octanol–water partition coefficient (Wildman–Crippen LogP) is -0.957. The van der Waals surface area contributed by atoms with Crippen LogP contribution in [0, 0.1) is 10.7 Å². The third-order valence-corrected chi connectivity index (χ3v) is 6.44. The normalized spacial score (nSPS) is 13.0. The van der Waals surface area contributed by atoms with Crippen molar-refractivity contribution in [2.75, 3.05) is 24.3 Å². The molecule has 26 heavy (non-hydrogen) atoms. The molecule has 3 amide bonds. The highest BCUT2D eigenvalue weighted by atomic mass is 127. The minimum atomic E-state index is -1.84. The monoisotopic (exact) mass is 705 g/mol. The van der Waals surface area contributed by atoms with Crippen molar-refractivity contribution in [3.63, 3.8) is 0 Å².